The molecule has 29 heavy (non-hydrogen) atoms. The van der Waals surface area contributed by atoms with Gasteiger partial charge in [-0.2, -0.15) is 0 Å². The number of ketones is 1. The Morgan fingerprint density at radius 2 is 1.59 bits per heavy atom. The summed E-state index contributed by atoms with van der Waals surface area (Å²) in [7, 11) is 0. The summed E-state index contributed by atoms with van der Waals surface area (Å²) in [6.45, 7) is 4.86. The van der Waals surface area contributed by atoms with Crippen LogP contribution in [-0.2, 0) is 4.79 Å². The summed E-state index contributed by atoms with van der Waals surface area (Å²) in [6.07, 6.45) is 0. The second-order valence-electron chi connectivity index (χ2n) is 7.36. The monoisotopic (exact) mass is 391 g/mol. The van der Waals surface area contributed by atoms with Crippen molar-refractivity contribution in [1.29, 1.82) is 0 Å². The number of aliphatic hydroxyl groups excluding tert-OH is 1. The smallest absolute Gasteiger partial charge is 0.290 e. The highest BCUT2D eigenvalue weighted by Crippen LogP contribution is 2.38. The second-order valence-corrected chi connectivity index (χ2v) is 7.36. The first-order chi connectivity index (χ1) is 14.2. The number of carbonyl (C=O) groups excluding carboxylic acids is 2. The third kappa shape index (κ3) is 3.95. The van der Waals surface area contributed by atoms with Crippen LogP contribution in [0.5, 0.6) is 0 Å². The first kappa shape index (κ1) is 19.4. The molecule has 2 heterocycles. The lowest BCUT2D eigenvalue weighted by molar-refractivity contribution is -0.129. The molecule has 2 aliphatic rings. The highest BCUT2D eigenvalue weighted by atomic mass is 16.3. The van der Waals surface area contributed by atoms with E-state index in [9.17, 15) is 14.7 Å². The molecule has 1 fully saturated rings. The van der Waals surface area contributed by atoms with Crippen LogP contribution < -0.4 is 5.32 Å². The maximum atomic E-state index is 13.2. The Kier molecular flexibility index (Phi) is 5.74. The van der Waals surface area contributed by atoms with Crippen molar-refractivity contribution in [3.05, 3.63) is 83.1 Å². The molecule has 0 saturated carbocycles. The molecule has 6 nitrogen and oxygen atoms in total. The quantitative estimate of drug-likeness (QED) is 0.739. The summed E-state index contributed by atoms with van der Waals surface area (Å²) >= 11 is 0. The summed E-state index contributed by atoms with van der Waals surface area (Å²) in [5.41, 5.74) is 1.45. The fraction of sp³-hybridized carbons (Fsp3) is 0.304. The number of hydrogen-bond acceptors (Lipinski definition) is 5. The van der Waals surface area contributed by atoms with Crippen molar-refractivity contribution in [3.8, 4) is 0 Å². The SMILES string of the molecule is O=C(C1=C(O)C(=O)N(CCN2CCNCC2)C1c1ccccc1)c1ccccc1. The molecule has 0 bridgehead atoms. The van der Waals surface area contributed by atoms with Gasteiger partial charge in [-0.3, -0.25) is 14.5 Å². The lowest BCUT2D eigenvalue weighted by Gasteiger charge is -2.32. The van der Waals surface area contributed by atoms with Crippen molar-refractivity contribution in [2.45, 2.75) is 6.04 Å². The summed E-state index contributed by atoms with van der Waals surface area (Å²) in [6, 6.07) is 17.7. The van der Waals surface area contributed by atoms with Crippen LogP contribution in [0.3, 0.4) is 0 Å². The molecule has 1 unspecified atom stereocenters. The highest BCUT2D eigenvalue weighted by molar-refractivity contribution is 6.16. The lowest BCUT2D eigenvalue weighted by atomic mass is 9.93. The van der Waals surface area contributed by atoms with Crippen LogP contribution >= 0.6 is 0 Å². The topological polar surface area (TPSA) is 72.9 Å². The summed E-state index contributed by atoms with van der Waals surface area (Å²) < 4.78 is 0. The molecule has 1 atom stereocenters. The fourth-order valence-corrected chi connectivity index (χ4v) is 4.03. The molecule has 0 spiro atoms. The molecule has 0 aromatic heterocycles. The predicted molar refractivity (Wildman–Crippen MR) is 111 cm³/mol. The molecule has 2 aromatic rings. The van der Waals surface area contributed by atoms with Gasteiger partial charge in [-0.15, -0.1) is 0 Å². The molecule has 1 amide bonds. The molecule has 0 aliphatic carbocycles. The number of rotatable bonds is 6. The van der Waals surface area contributed by atoms with Crippen molar-refractivity contribution < 1.29 is 14.7 Å². The van der Waals surface area contributed by atoms with Crippen molar-refractivity contribution >= 4 is 11.7 Å². The third-order valence-electron chi connectivity index (χ3n) is 5.57. The van der Waals surface area contributed by atoms with E-state index in [4.69, 9.17) is 0 Å². The predicted octanol–water partition coefficient (Wildman–Crippen LogP) is 2.17. The average molecular weight is 391 g/mol. The number of Topliss-reactive ketones (excluding diaryl/α,β-unsaturated/α-hetero) is 1. The molecule has 2 aromatic carbocycles. The van der Waals surface area contributed by atoms with Gasteiger partial charge >= 0.3 is 0 Å². The molecular weight excluding hydrogens is 366 g/mol. The second kappa shape index (κ2) is 8.59. The highest BCUT2D eigenvalue weighted by Gasteiger charge is 2.43. The first-order valence-corrected chi connectivity index (χ1v) is 9.98. The standard InChI is InChI=1S/C23H25N3O3/c27-21(18-9-5-2-6-10-18)19-20(17-7-3-1-4-8-17)26(23(29)22(19)28)16-15-25-13-11-24-12-14-25/h1-10,20,24,28H,11-16H2. The van der Waals surface area contributed by atoms with Gasteiger partial charge in [0.1, 0.15) is 0 Å². The van der Waals surface area contributed by atoms with Gasteiger partial charge in [-0.05, 0) is 5.56 Å². The van der Waals surface area contributed by atoms with Gasteiger partial charge < -0.3 is 15.3 Å². The fourth-order valence-electron chi connectivity index (χ4n) is 4.03. The molecule has 0 radical (unpaired) electrons. The maximum absolute atomic E-state index is 13.2. The minimum absolute atomic E-state index is 0.160. The summed E-state index contributed by atoms with van der Waals surface area (Å²) in [4.78, 5) is 30.1. The zero-order chi connectivity index (χ0) is 20.2. The molecular formula is C23H25N3O3. The summed E-state index contributed by atoms with van der Waals surface area (Å²) in [5, 5.41) is 14.0. The van der Waals surface area contributed by atoms with Gasteiger partial charge in [0.15, 0.2) is 11.5 Å². The van der Waals surface area contributed by atoms with Crippen molar-refractivity contribution in [2.75, 3.05) is 39.3 Å². The molecule has 150 valence electrons. The van der Waals surface area contributed by atoms with Gasteiger partial charge in [0.05, 0.1) is 11.6 Å². The molecule has 4 rings (SSSR count). The van der Waals surface area contributed by atoms with Crippen molar-refractivity contribution in [3.63, 3.8) is 0 Å². The number of hydrogen-bond donors (Lipinski definition) is 2. The number of benzene rings is 2. The van der Waals surface area contributed by atoms with Crippen LogP contribution in [-0.4, -0.2) is 65.9 Å². The van der Waals surface area contributed by atoms with E-state index in [1.807, 2.05) is 36.4 Å². The first-order valence-electron chi connectivity index (χ1n) is 9.98. The number of aliphatic hydroxyl groups is 1. The minimum Gasteiger partial charge on any atom is -0.503 e. The average Bonchev–Trinajstić information content (AvgIpc) is 3.04. The zero-order valence-electron chi connectivity index (χ0n) is 16.3. The number of amides is 1. The molecule has 1 saturated heterocycles. The third-order valence-corrected chi connectivity index (χ3v) is 5.57. The number of carbonyl (C=O) groups is 2. The van der Waals surface area contributed by atoms with Crippen molar-refractivity contribution in [1.82, 2.24) is 15.1 Å². The van der Waals surface area contributed by atoms with Crippen molar-refractivity contribution in [2.24, 2.45) is 0 Å². The van der Waals surface area contributed by atoms with E-state index in [0.29, 0.717) is 18.7 Å². The van der Waals surface area contributed by atoms with E-state index in [0.717, 1.165) is 31.7 Å². The van der Waals surface area contributed by atoms with Crippen LogP contribution in [0.4, 0.5) is 0 Å². The van der Waals surface area contributed by atoms with Gasteiger partial charge in [0.2, 0.25) is 0 Å². The van der Waals surface area contributed by atoms with Crippen LogP contribution in [0.25, 0.3) is 0 Å². The molecule has 2 N–H and O–H groups in total. The zero-order valence-corrected chi connectivity index (χ0v) is 16.3. The Balaban J connectivity index is 1.65. The van der Waals surface area contributed by atoms with Gasteiger partial charge in [0, 0.05) is 44.8 Å². The molecule has 6 heteroatoms. The summed E-state index contributed by atoms with van der Waals surface area (Å²) in [5.74, 6) is -1.23. The van der Waals surface area contributed by atoms with E-state index in [2.05, 4.69) is 10.2 Å². The van der Waals surface area contributed by atoms with Crippen LogP contribution in [0.15, 0.2) is 72.0 Å². The normalized spacial score (nSPS) is 20.3. The van der Waals surface area contributed by atoms with E-state index in [-0.39, 0.29) is 11.4 Å². The van der Waals surface area contributed by atoms with Gasteiger partial charge in [-0.25, -0.2) is 0 Å². The minimum atomic E-state index is -0.584. The number of nitrogens with zero attached hydrogens (tertiary/aromatic N) is 2. The van der Waals surface area contributed by atoms with E-state index >= 15 is 0 Å². The van der Waals surface area contributed by atoms with E-state index in [1.54, 1.807) is 29.2 Å². The Hall–Kier alpha value is -2.96. The lowest BCUT2D eigenvalue weighted by Crippen LogP contribution is -2.47. The van der Waals surface area contributed by atoms with E-state index in [1.165, 1.54) is 0 Å². The van der Waals surface area contributed by atoms with Gasteiger partial charge in [-0.1, -0.05) is 60.7 Å². The van der Waals surface area contributed by atoms with Gasteiger partial charge in [0.25, 0.3) is 5.91 Å². The Morgan fingerprint density at radius 3 is 2.24 bits per heavy atom. The number of piperazine rings is 1. The van der Waals surface area contributed by atoms with Crippen LogP contribution in [0.1, 0.15) is 22.0 Å². The van der Waals surface area contributed by atoms with Crippen LogP contribution in [0, 0.1) is 0 Å². The largest absolute Gasteiger partial charge is 0.503 e. The van der Waals surface area contributed by atoms with Crippen LogP contribution in [0.2, 0.25) is 0 Å². The molecule has 2 aliphatic heterocycles. The Bertz CT molecular complexity index is 905. The maximum Gasteiger partial charge on any atom is 0.290 e. The van der Waals surface area contributed by atoms with E-state index < -0.39 is 17.7 Å². The Labute approximate surface area is 170 Å². The number of nitrogens with one attached hydrogen (secondary N) is 1. The Morgan fingerprint density at radius 1 is 0.966 bits per heavy atom.